The number of halogens is 1. The van der Waals surface area contributed by atoms with Crippen molar-refractivity contribution in [3.63, 3.8) is 0 Å². The van der Waals surface area contributed by atoms with Gasteiger partial charge in [0.2, 0.25) is 0 Å². The first-order valence-corrected chi connectivity index (χ1v) is 7.03. The van der Waals surface area contributed by atoms with Crippen LogP contribution in [0.4, 0.5) is 0 Å². The zero-order valence-corrected chi connectivity index (χ0v) is 12.7. The van der Waals surface area contributed by atoms with Crippen LogP contribution < -0.4 is 10.1 Å². The molecule has 0 saturated carbocycles. The van der Waals surface area contributed by atoms with Crippen molar-refractivity contribution in [2.75, 3.05) is 6.54 Å². The predicted octanol–water partition coefficient (Wildman–Crippen LogP) is 4.30. The summed E-state index contributed by atoms with van der Waals surface area (Å²) in [6.45, 7) is 9.47. The van der Waals surface area contributed by atoms with Crippen molar-refractivity contribution in [3.8, 4) is 5.75 Å². The number of benzene rings is 1. The van der Waals surface area contributed by atoms with Gasteiger partial charge in [0, 0.05) is 16.1 Å². The molecule has 1 rings (SSSR count). The third kappa shape index (κ3) is 4.68. The third-order valence-corrected chi connectivity index (χ3v) is 2.99. The Morgan fingerprint density at radius 2 is 2.00 bits per heavy atom. The van der Waals surface area contributed by atoms with E-state index in [2.05, 4.69) is 55.0 Å². The van der Waals surface area contributed by atoms with Crippen LogP contribution in [0, 0.1) is 0 Å². The molecule has 0 fully saturated rings. The molecular weight excluding hydrogens is 278 g/mol. The highest BCUT2D eigenvalue weighted by Gasteiger charge is 2.12. The van der Waals surface area contributed by atoms with E-state index in [0.717, 1.165) is 23.2 Å². The molecule has 2 nitrogen and oxygen atoms in total. The van der Waals surface area contributed by atoms with Crippen LogP contribution in [0.15, 0.2) is 22.7 Å². The molecule has 96 valence electrons. The lowest BCUT2D eigenvalue weighted by molar-refractivity contribution is 0.238. The van der Waals surface area contributed by atoms with E-state index < -0.39 is 0 Å². The molecule has 0 saturated heterocycles. The van der Waals surface area contributed by atoms with Gasteiger partial charge < -0.3 is 10.1 Å². The van der Waals surface area contributed by atoms with E-state index in [1.807, 2.05) is 12.1 Å². The molecular formula is C14H22BrNO. The summed E-state index contributed by atoms with van der Waals surface area (Å²) in [6.07, 6.45) is 1.34. The summed E-state index contributed by atoms with van der Waals surface area (Å²) in [4.78, 5) is 0. The molecule has 3 heteroatoms. The van der Waals surface area contributed by atoms with Gasteiger partial charge in [0.25, 0.3) is 0 Å². The Morgan fingerprint density at radius 1 is 1.29 bits per heavy atom. The van der Waals surface area contributed by atoms with E-state index >= 15 is 0 Å². The van der Waals surface area contributed by atoms with Gasteiger partial charge >= 0.3 is 0 Å². The second-order valence-corrected chi connectivity index (χ2v) is 5.44. The lowest BCUT2D eigenvalue weighted by Gasteiger charge is -2.20. The van der Waals surface area contributed by atoms with Gasteiger partial charge in [-0.05, 0) is 51.9 Å². The fourth-order valence-corrected chi connectivity index (χ4v) is 2.07. The Balaban J connectivity index is 2.89. The molecule has 0 spiro atoms. The number of rotatable bonds is 6. The molecule has 1 unspecified atom stereocenters. The first-order valence-electron chi connectivity index (χ1n) is 6.24. The third-order valence-electron chi connectivity index (χ3n) is 2.50. The van der Waals surface area contributed by atoms with Crippen LogP contribution >= 0.6 is 15.9 Å². The summed E-state index contributed by atoms with van der Waals surface area (Å²) in [5.74, 6) is 0.972. The summed E-state index contributed by atoms with van der Waals surface area (Å²) in [6, 6.07) is 6.49. The summed E-state index contributed by atoms with van der Waals surface area (Å²) in [5.41, 5.74) is 1.21. The molecule has 0 aromatic heterocycles. The Bertz CT molecular complexity index is 352. The Morgan fingerprint density at radius 3 is 2.59 bits per heavy atom. The van der Waals surface area contributed by atoms with Crippen molar-refractivity contribution in [3.05, 3.63) is 28.2 Å². The quantitative estimate of drug-likeness (QED) is 0.846. The zero-order chi connectivity index (χ0) is 12.8. The lowest BCUT2D eigenvalue weighted by Crippen LogP contribution is -2.20. The maximum atomic E-state index is 5.84. The minimum Gasteiger partial charge on any atom is -0.491 e. The minimum absolute atomic E-state index is 0.202. The van der Waals surface area contributed by atoms with Gasteiger partial charge in [-0.1, -0.05) is 22.9 Å². The van der Waals surface area contributed by atoms with Crippen molar-refractivity contribution in [2.45, 2.75) is 46.3 Å². The Labute approximate surface area is 113 Å². The molecule has 1 atom stereocenters. The second-order valence-electron chi connectivity index (χ2n) is 4.52. The highest BCUT2D eigenvalue weighted by atomic mass is 79.9. The Hall–Kier alpha value is -0.540. The van der Waals surface area contributed by atoms with Crippen molar-refractivity contribution in [1.82, 2.24) is 5.32 Å². The van der Waals surface area contributed by atoms with Crippen LogP contribution in [0.5, 0.6) is 5.75 Å². The highest BCUT2D eigenvalue weighted by Crippen LogP contribution is 2.29. The number of hydrogen-bond acceptors (Lipinski definition) is 2. The Kier molecular flexibility index (Phi) is 6.00. The fraction of sp³-hybridized carbons (Fsp3) is 0.571. The van der Waals surface area contributed by atoms with Gasteiger partial charge in [0.15, 0.2) is 0 Å². The molecule has 0 bridgehead atoms. The van der Waals surface area contributed by atoms with Gasteiger partial charge in [0.05, 0.1) is 6.10 Å². The van der Waals surface area contributed by atoms with Gasteiger partial charge in [-0.3, -0.25) is 0 Å². The van der Waals surface area contributed by atoms with E-state index in [9.17, 15) is 0 Å². The summed E-state index contributed by atoms with van der Waals surface area (Å²) in [7, 11) is 0. The summed E-state index contributed by atoms with van der Waals surface area (Å²) in [5, 5.41) is 3.49. The molecule has 0 radical (unpaired) electrons. The monoisotopic (exact) mass is 299 g/mol. The van der Waals surface area contributed by atoms with Crippen LogP contribution in [0.3, 0.4) is 0 Å². The van der Waals surface area contributed by atoms with E-state index in [0.29, 0.717) is 6.04 Å². The summed E-state index contributed by atoms with van der Waals surface area (Å²) < 4.78 is 6.93. The molecule has 0 aliphatic heterocycles. The van der Waals surface area contributed by atoms with Gasteiger partial charge in [-0.2, -0.15) is 0 Å². The second kappa shape index (κ2) is 7.02. The molecule has 1 aromatic carbocycles. The molecule has 0 aliphatic rings. The van der Waals surface area contributed by atoms with E-state index in [4.69, 9.17) is 4.74 Å². The van der Waals surface area contributed by atoms with Crippen molar-refractivity contribution < 1.29 is 4.74 Å². The van der Waals surface area contributed by atoms with Crippen LogP contribution in [0.25, 0.3) is 0 Å². The smallest absolute Gasteiger partial charge is 0.124 e. The van der Waals surface area contributed by atoms with E-state index in [-0.39, 0.29) is 6.10 Å². The number of nitrogens with one attached hydrogen (secondary N) is 1. The molecule has 17 heavy (non-hydrogen) atoms. The maximum absolute atomic E-state index is 5.84. The maximum Gasteiger partial charge on any atom is 0.124 e. The van der Waals surface area contributed by atoms with Crippen LogP contribution in [-0.2, 0) is 0 Å². The van der Waals surface area contributed by atoms with Gasteiger partial charge in [0.1, 0.15) is 5.75 Å². The minimum atomic E-state index is 0.202. The van der Waals surface area contributed by atoms with Crippen molar-refractivity contribution in [2.24, 2.45) is 0 Å². The first-order chi connectivity index (χ1) is 8.04. The van der Waals surface area contributed by atoms with Crippen molar-refractivity contribution in [1.29, 1.82) is 0 Å². The lowest BCUT2D eigenvalue weighted by atomic mass is 10.1. The summed E-state index contributed by atoms with van der Waals surface area (Å²) >= 11 is 3.52. The first kappa shape index (κ1) is 14.5. The largest absolute Gasteiger partial charge is 0.491 e. The standard InChI is InChI=1S/C14H22BrNO/c1-5-8-16-11(4)13-9-12(15)6-7-14(13)17-10(2)3/h6-7,9-11,16H,5,8H2,1-4H3. The average Bonchev–Trinajstić information content (AvgIpc) is 2.27. The SMILES string of the molecule is CCCNC(C)c1cc(Br)ccc1OC(C)C. The van der Waals surface area contributed by atoms with Crippen LogP contribution in [-0.4, -0.2) is 12.6 Å². The van der Waals surface area contributed by atoms with Gasteiger partial charge in [-0.25, -0.2) is 0 Å². The van der Waals surface area contributed by atoms with Gasteiger partial charge in [-0.15, -0.1) is 0 Å². The van der Waals surface area contributed by atoms with Crippen LogP contribution in [0.2, 0.25) is 0 Å². The zero-order valence-electron chi connectivity index (χ0n) is 11.1. The predicted molar refractivity (Wildman–Crippen MR) is 76.6 cm³/mol. The van der Waals surface area contributed by atoms with Crippen LogP contribution in [0.1, 0.15) is 45.7 Å². The van der Waals surface area contributed by atoms with E-state index in [1.165, 1.54) is 5.56 Å². The molecule has 0 aliphatic carbocycles. The highest BCUT2D eigenvalue weighted by molar-refractivity contribution is 9.10. The normalized spacial score (nSPS) is 12.8. The average molecular weight is 300 g/mol. The molecule has 0 heterocycles. The number of ether oxygens (including phenoxy) is 1. The van der Waals surface area contributed by atoms with E-state index in [1.54, 1.807) is 0 Å². The number of hydrogen-bond donors (Lipinski definition) is 1. The fourth-order valence-electron chi connectivity index (χ4n) is 1.69. The molecule has 0 amide bonds. The van der Waals surface area contributed by atoms with Crippen molar-refractivity contribution >= 4 is 15.9 Å². The topological polar surface area (TPSA) is 21.3 Å². The molecule has 1 N–H and O–H groups in total. The molecule has 1 aromatic rings.